The molecule has 136 valence electrons. The maximum atomic E-state index is 13.5. The smallest absolute Gasteiger partial charge is 0.399 e. The van der Waals surface area contributed by atoms with Gasteiger partial charge in [0.2, 0.25) is 0 Å². The third-order valence-electron chi connectivity index (χ3n) is 4.94. The number of alkyl halides is 3. The minimum atomic E-state index is -4.61. The Morgan fingerprint density at radius 3 is 2.32 bits per heavy atom. The van der Waals surface area contributed by atoms with Crippen LogP contribution >= 0.6 is 0 Å². The number of hydrogen-bond donors (Lipinski definition) is 1. The number of halogens is 3. The maximum Gasteiger partial charge on any atom is 0.497 e. The first-order valence-electron chi connectivity index (χ1n) is 7.99. The summed E-state index contributed by atoms with van der Waals surface area (Å²) in [5.41, 5.74) is -1.73. The summed E-state index contributed by atoms with van der Waals surface area (Å²) < 4.78 is 53.9. The van der Waals surface area contributed by atoms with Gasteiger partial charge in [0.1, 0.15) is 0 Å². The van der Waals surface area contributed by atoms with Crippen molar-refractivity contribution >= 4 is 23.5 Å². The summed E-state index contributed by atoms with van der Waals surface area (Å²) in [5.74, 6) is 0. The second-order valence-corrected chi connectivity index (χ2v) is 7.14. The van der Waals surface area contributed by atoms with Gasteiger partial charge in [0, 0.05) is 29.8 Å². The average Bonchev–Trinajstić information content (AvgIpc) is 2.94. The van der Waals surface area contributed by atoms with Crippen molar-refractivity contribution in [3.05, 3.63) is 24.2 Å². The predicted molar refractivity (Wildman–Crippen MR) is 87.5 cm³/mol. The summed E-state index contributed by atoms with van der Waals surface area (Å²) in [6.07, 6.45) is -1.95. The van der Waals surface area contributed by atoms with Crippen LogP contribution in [-0.4, -0.2) is 39.6 Å². The van der Waals surface area contributed by atoms with Crippen LogP contribution in [0.25, 0.3) is 10.9 Å². The Labute approximate surface area is 143 Å². The molecule has 0 radical (unpaired) electrons. The molecule has 2 aromatic heterocycles. The molecular weight excluding hydrogens is 336 g/mol. The van der Waals surface area contributed by atoms with Crippen LogP contribution in [0.4, 0.5) is 13.2 Å². The number of aliphatic hydroxyl groups is 1. The lowest BCUT2D eigenvalue weighted by Crippen LogP contribution is -2.41. The van der Waals surface area contributed by atoms with E-state index in [9.17, 15) is 18.3 Å². The average molecular weight is 356 g/mol. The molecule has 5 nitrogen and oxygen atoms in total. The monoisotopic (exact) mass is 356 g/mol. The zero-order valence-corrected chi connectivity index (χ0v) is 14.5. The fourth-order valence-electron chi connectivity index (χ4n) is 2.93. The van der Waals surface area contributed by atoms with E-state index in [1.807, 2.05) is 27.7 Å². The maximum absolute atomic E-state index is 13.5. The summed E-state index contributed by atoms with van der Waals surface area (Å²) in [7, 11) is -0.947. The van der Waals surface area contributed by atoms with E-state index in [2.05, 4.69) is 4.98 Å². The summed E-state index contributed by atoms with van der Waals surface area (Å²) in [6.45, 7) is 7.31. The topological polar surface area (TPSA) is 56.5 Å². The Balaban J connectivity index is 2.22. The lowest BCUT2D eigenvalue weighted by molar-refractivity contribution is -0.139. The summed E-state index contributed by atoms with van der Waals surface area (Å²) in [6, 6.07) is 1.50. The molecule has 1 fully saturated rings. The van der Waals surface area contributed by atoms with Gasteiger partial charge >= 0.3 is 13.3 Å². The molecular formula is C16H20BF3N2O3. The van der Waals surface area contributed by atoms with Crippen molar-refractivity contribution in [2.24, 2.45) is 0 Å². The van der Waals surface area contributed by atoms with Gasteiger partial charge in [-0.15, -0.1) is 0 Å². The molecule has 0 atom stereocenters. The predicted octanol–water partition coefficient (Wildman–Crippen LogP) is 2.35. The Morgan fingerprint density at radius 1 is 1.20 bits per heavy atom. The van der Waals surface area contributed by atoms with Gasteiger partial charge in [-0.1, -0.05) is 0 Å². The number of pyridine rings is 1. The van der Waals surface area contributed by atoms with Gasteiger partial charge in [-0.2, -0.15) is 13.2 Å². The van der Waals surface area contributed by atoms with Gasteiger partial charge in [-0.05, 0) is 33.8 Å². The Kier molecular flexibility index (Phi) is 4.17. The van der Waals surface area contributed by atoms with E-state index < -0.39 is 30.2 Å². The quantitative estimate of drug-likeness (QED) is 0.858. The molecule has 0 saturated carbocycles. The minimum absolute atomic E-state index is 0.0537. The van der Waals surface area contributed by atoms with Crippen LogP contribution in [0.3, 0.4) is 0 Å². The summed E-state index contributed by atoms with van der Waals surface area (Å²) in [4.78, 5) is 3.54. The van der Waals surface area contributed by atoms with E-state index in [4.69, 9.17) is 9.31 Å². The molecule has 0 amide bonds. The molecule has 0 bridgehead atoms. The van der Waals surface area contributed by atoms with Gasteiger partial charge < -0.3 is 19.0 Å². The molecule has 3 heterocycles. The van der Waals surface area contributed by atoms with Gasteiger partial charge in [0.05, 0.1) is 23.3 Å². The molecule has 9 heteroatoms. The van der Waals surface area contributed by atoms with Crippen molar-refractivity contribution in [2.45, 2.75) is 51.6 Å². The standard InChI is InChI=1S/C16H20BF3N2O3/c1-14(2)15(3,4)25-17(24-14)10-9-22(7-8-23)11-5-6-21-13(12(10)11)16(18,19)20/h5-6,9,23H,7-8H2,1-4H3. The van der Waals surface area contributed by atoms with Crippen molar-refractivity contribution in [1.29, 1.82) is 0 Å². The third-order valence-corrected chi connectivity index (χ3v) is 4.94. The summed E-state index contributed by atoms with van der Waals surface area (Å²) >= 11 is 0. The zero-order chi connectivity index (χ0) is 18.6. The molecule has 1 aliphatic rings. The number of aromatic nitrogens is 2. The second kappa shape index (κ2) is 5.72. The van der Waals surface area contributed by atoms with Crippen LogP contribution in [0.2, 0.25) is 0 Å². The normalized spacial score (nSPS) is 19.8. The van der Waals surface area contributed by atoms with Crippen LogP contribution in [0, 0.1) is 0 Å². The molecule has 0 spiro atoms. The fourth-order valence-corrected chi connectivity index (χ4v) is 2.93. The number of fused-ring (bicyclic) bond motifs is 1. The molecule has 1 N–H and O–H groups in total. The molecule has 1 aliphatic heterocycles. The number of aliphatic hydroxyl groups excluding tert-OH is 1. The van der Waals surface area contributed by atoms with Crippen molar-refractivity contribution in [3.8, 4) is 0 Å². The lowest BCUT2D eigenvalue weighted by atomic mass is 9.78. The van der Waals surface area contributed by atoms with Crippen molar-refractivity contribution in [3.63, 3.8) is 0 Å². The molecule has 25 heavy (non-hydrogen) atoms. The molecule has 0 aliphatic carbocycles. The molecule has 3 rings (SSSR count). The van der Waals surface area contributed by atoms with Gasteiger partial charge in [0.25, 0.3) is 0 Å². The lowest BCUT2D eigenvalue weighted by Gasteiger charge is -2.32. The van der Waals surface area contributed by atoms with Crippen molar-refractivity contribution in [2.75, 3.05) is 6.61 Å². The highest BCUT2D eigenvalue weighted by Gasteiger charge is 2.53. The first kappa shape index (κ1) is 18.2. The SMILES string of the molecule is CC1(C)OB(c2cn(CCO)c3ccnc(C(F)(F)F)c23)OC1(C)C. The largest absolute Gasteiger partial charge is 0.497 e. The van der Waals surface area contributed by atoms with E-state index in [0.29, 0.717) is 5.52 Å². The van der Waals surface area contributed by atoms with E-state index in [-0.39, 0.29) is 24.0 Å². The summed E-state index contributed by atoms with van der Waals surface area (Å²) in [5, 5.41) is 9.17. The highest BCUT2D eigenvalue weighted by atomic mass is 19.4. The van der Waals surface area contributed by atoms with Crippen LogP contribution in [0.1, 0.15) is 33.4 Å². The van der Waals surface area contributed by atoms with E-state index >= 15 is 0 Å². The molecule has 2 aromatic rings. The first-order valence-corrected chi connectivity index (χ1v) is 7.99. The molecule has 1 saturated heterocycles. The van der Waals surface area contributed by atoms with Gasteiger partial charge in [-0.3, -0.25) is 4.98 Å². The number of rotatable bonds is 3. The number of nitrogens with zero attached hydrogens (tertiary/aromatic N) is 2. The minimum Gasteiger partial charge on any atom is -0.399 e. The second-order valence-electron chi connectivity index (χ2n) is 7.14. The van der Waals surface area contributed by atoms with Crippen LogP contribution < -0.4 is 5.46 Å². The van der Waals surface area contributed by atoms with Gasteiger partial charge in [-0.25, -0.2) is 0 Å². The highest BCUT2D eigenvalue weighted by Crippen LogP contribution is 2.38. The van der Waals surface area contributed by atoms with E-state index in [1.165, 1.54) is 6.07 Å². The van der Waals surface area contributed by atoms with Gasteiger partial charge in [0.15, 0.2) is 5.69 Å². The van der Waals surface area contributed by atoms with Crippen molar-refractivity contribution in [1.82, 2.24) is 9.55 Å². The van der Waals surface area contributed by atoms with E-state index in [0.717, 1.165) is 6.20 Å². The van der Waals surface area contributed by atoms with Crippen molar-refractivity contribution < 1.29 is 27.6 Å². The zero-order valence-electron chi connectivity index (χ0n) is 14.5. The Hall–Kier alpha value is -1.58. The third kappa shape index (κ3) is 2.94. The van der Waals surface area contributed by atoms with E-state index in [1.54, 1.807) is 10.8 Å². The molecule has 0 unspecified atom stereocenters. The van der Waals surface area contributed by atoms with Crippen LogP contribution in [0.15, 0.2) is 18.5 Å². The fraction of sp³-hybridized carbons (Fsp3) is 0.562. The van der Waals surface area contributed by atoms with Crippen LogP contribution in [-0.2, 0) is 22.0 Å². The Bertz CT molecular complexity index is 786. The Morgan fingerprint density at radius 2 is 1.80 bits per heavy atom. The first-order chi connectivity index (χ1) is 11.5. The van der Waals surface area contributed by atoms with Crippen LogP contribution in [0.5, 0.6) is 0 Å². The highest BCUT2D eigenvalue weighted by molar-refractivity contribution is 6.65. The number of hydrogen-bond acceptors (Lipinski definition) is 4. The molecule has 0 aromatic carbocycles.